The molecule has 0 N–H and O–H groups in total. The first-order chi connectivity index (χ1) is 11.4. The van der Waals surface area contributed by atoms with E-state index in [2.05, 4.69) is 28.6 Å². The van der Waals surface area contributed by atoms with Crippen molar-refractivity contribution in [3.63, 3.8) is 0 Å². The Morgan fingerprint density at radius 3 is 2.64 bits per heavy atom. The van der Waals surface area contributed by atoms with Gasteiger partial charge in [0.2, 0.25) is 0 Å². The van der Waals surface area contributed by atoms with Crippen LogP contribution in [0.25, 0.3) is 5.70 Å². The third-order valence-corrected chi connectivity index (χ3v) is 3.97. The van der Waals surface area contributed by atoms with Crippen molar-refractivity contribution >= 4 is 21.6 Å². The number of allylic oxidation sites excluding steroid dienone is 3. The van der Waals surface area contributed by atoms with Gasteiger partial charge in [-0.25, -0.2) is 13.2 Å². The Kier molecular flexibility index (Phi) is 9.42. The molecule has 0 spiro atoms. The summed E-state index contributed by atoms with van der Waals surface area (Å²) < 4.78 is 50.9. The van der Waals surface area contributed by atoms with Crippen LogP contribution in [0, 0.1) is 11.9 Å². The van der Waals surface area contributed by atoms with Crippen LogP contribution in [0.15, 0.2) is 41.0 Å². The van der Waals surface area contributed by atoms with Crippen molar-refractivity contribution in [1.82, 2.24) is 4.90 Å². The van der Waals surface area contributed by atoms with Crippen LogP contribution in [-0.4, -0.2) is 38.2 Å². The fraction of sp³-hybridized carbons (Fsp3) is 0.294. The summed E-state index contributed by atoms with van der Waals surface area (Å²) in [5.41, 5.74) is 0.667. The second kappa shape index (κ2) is 10.5. The molecule has 0 bridgehead atoms. The van der Waals surface area contributed by atoms with Crippen LogP contribution in [0.3, 0.4) is 0 Å². The Labute approximate surface area is 178 Å². The summed E-state index contributed by atoms with van der Waals surface area (Å²) in [6.45, 7) is 3.82. The molecule has 1 aromatic rings. The fourth-order valence-corrected chi connectivity index (χ4v) is 2.47. The van der Waals surface area contributed by atoms with E-state index < -0.39 is 18.8 Å². The van der Waals surface area contributed by atoms with Crippen LogP contribution in [0.2, 0.25) is 0 Å². The molecule has 1 aliphatic heterocycles. The van der Waals surface area contributed by atoms with Crippen LogP contribution in [0.5, 0.6) is 5.75 Å². The standard InChI is InChI=1S/C17H16BrF3NO2.Y/c1-11-14(18)5-6-16(22(11)10-17(20)21)13-4-3-12(9-15(13)19)24-8-7-23-2;/h3-5,9,17H,1,7-8,10H2,2H3;/q-1;. The van der Waals surface area contributed by atoms with E-state index in [1.165, 1.54) is 30.2 Å². The summed E-state index contributed by atoms with van der Waals surface area (Å²) in [5.74, 6) is -0.258. The first-order valence-electron chi connectivity index (χ1n) is 7.09. The minimum absolute atomic E-state index is 0. The van der Waals surface area contributed by atoms with Crippen molar-refractivity contribution in [2.75, 3.05) is 26.9 Å². The largest absolute Gasteiger partial charge is 0.491 e. The van der Waals surface area contributed by atoms with Gasteiger partial charge in [0.25, 0.3) is 6.43 Å². The zero-order valence-electron chi connectivity index (χ0n) is 13.6. The summed E-state index contributed by atoms with van der Waals surface area (Å²) in [6.07, 6.45) is 1.75. The number of methoxy groups -OCH3 is 1. The minimum atomic E-state index is -2.60. The molecule has 1 heterocycles. The molecule has 0 unspecified atom stereocenters. The van der Waals surface area contributed by atoms with Gasteiger partial charge in [0.15, 0.2) is 0 Å². The van der Waals surface area contributed by atoms with Crippen molar-refractivity contribution < 1.29 is 55.4 Å². The Bertz CT molecular complexity index is 680. The van der Waals surface area contributed by atoms with Crippen LogP contribution in [0.1, 0.15) is 5.56 Å². The smallest absolute Gasteiger partial charge is 0.256 e. The number of rotatable bonds is 7. The number of halogens is 4. The molecule has 25 heavy (non-hydrogen) atoms. The molecule has 0 aromatic heterocycles. The molecule has 0 saturated heterocycles. The monoisotopic (exact) mass is 491 g/mol. The molecule has 8 heteroatoms. The minimum Gasteiger partial charge on any atom is -0.491 e. The SMILES string of the molecule is C=C1C(Br)=C[C-]=C(c2ccc(OCCOC)cc2F)N1CC(F)F.[Y]. The van der Waals surface area contributed by atoms with Crippen molar-refractivity contribution in [1.29, 1.82) is 0 Å². The summed E-state index contributed by atoms with van der Waals surface area (Å²) in [4.78, 5) is 1.23. The van der Waals surface area contributed by atoms with E-state index in [9.17, 15) is 13.2 Å². The van der Waals surface area contributed by atoms with E-state index in [1.54, 1.807) is 6.07 Å². The van der Waals surface area contributed by atoms with E-state index in [0.717, 1.165) is 0 Å². The van der Waals surface area contributed by atoms with Crippen molar-refractivity contribution in [2.45, 2.75) is 6.43 Å². The van der Waals surface area contributed by atoms with E-state index in [1.807, 2.05) is 0 Å². The van der Waals surface area contributed by atoms with E-state index in [0.29, 0.717) is 22.5 Å². The van der Waals surface area contributed by atoms with Gasteiger partial charge in [-0.15, -0.1) is 22.0 Å². The van der Waals surface area contributed by atoms with Gasteiger partial charge in [-0.1, -0.05) is 22.3 Å². The van der Waals surface area contributed by atoms with Crippen LogP contribution in [0.4, 0.5) is 13.2 Å². The average Bonchev–Trinajstić information content (AvgIpc) is 2.53. The molecule has 2 rings (SSSR count). The van der Waals surface area contributed by atoms with Crippen molar-refractivity contribution in [3.05, 3.63) is 58.5 Å². The van der Waals surface area contributed by atoms with E-state index in [4.69, 9.17) is 9.47 Å². The van der Waals surface area contributed by atoms with Crippen molar-refractivity contribution in [3.8, 4) is 5.75 Å². The predicted molar refractivity (Wildman–Crippen MR) is 89.3 cm³/mol. The van der Waals surface area contributed by atoms with Crippen LogP contribution >= 0.6 is 15.9 Å². The van der Waals surface area contributed by atoms with Gasteiger partial charge in [-0.05, 0) is 11.8 Å². The van der Waals surface area contributed by atoms with Gasteiger partial charge in [-0.3, -0.25) is 0 Å². The van der Waals surface area contributed by atoms with Gasteiger partial charge in [0, 0.05) is 45.9 Å². The van der Waals surface area contributed by atoms with Gasteiger partial charge in [0.05, 0.1) is 19.0 Å². The van der Waals surface area contributed by atoms with E-state index >= 15 is 0 Å². The maximum atomic E-state index is 14.4. The summed E-state index contributed by atoms with van der Waals surface area (Å²) in [5, 5.41) is 0. The second-order valence-electron chi connectivity index (χ2n) is 4.92. The molecule has 0 fully saturated rings. The first-order valence-corrected chi connectivity index (χ1v) is 7.89. The Hall–Kier alpha value is -0.626. The van der Waals surface area contributed by atoms with Crippen LogP contribution in [-0.2, 0) is 37.4 Å². The third kappa shape index (κ3) is 5.95. The first kappa shape index (κ1) is 22.4. The topological polar surface area (TPSA) is 21.7 Å². The molecular formula is C17H16BrF3NO2Y-. The molecule has 0 aliphatic carbocycles. The molecule has 0 atom stereocenters. The molecule has 1 radical (unpaired) electrons. The number of alkyl halides is 2. The molecule has 1 aliphatic rings. The Morgan fingerprint density at radius 2 is 2.04 bits per heavy atom. The quantitative estimate of drug-likeness (QED) is 0.417. The number of ether oxygens (including phenoxy) is 2. The molecule has 1 aromatic carbocycles. The zero-order valence-corrected chi connectivity index (χ0v) is 18.0. The van der Waals surface area contributed by atoms with Crippen molar-refractivity contribution in [2.24, 2.45) is 0 Å². The maximum absolute atomic E-state index is 14.4. The number of hydrogen-bond acceptors (Lipinski definition) is 3. The Balaban J connectivity index is 0.00000312. The molecule has 3 nitrogen and oxygen atoms in total. The molecule has 0 amide bonds. The summed E-state index contributed by atoms with van der Waals surface area (Å²) in [6, 6.07) is 4.24. The van der Waals surface area contributed by atoms with Gasteiger partial charge < -0.3 is 14.4 Å². The van der Waals surface area contributed by atoms with E-state index in [-0.39, 0.29) is 50.6 Å². The molecule has 0 saturated carbocycles. The summed E-state index contributed by atoms with van der Waals surface area (Å²) >= 11 is 3.22. The predicted octanol–water partition coefficient (Wildman–Crippen LogP) is 4.37. The normalized spacial score (nSPS) is 14.2. The van der Waals surface area contributed by atoms with Crippen LogP contribution < -0.4 is 4.74 Å². The third-order valence-electron chi connectivity index (χ3n) is 3.28. The van der Waals surface area contributed by atoms with Gasteiger partial charge >= 0.3 is 0 Å². The Morgan fingerprint density at radius 1 is 1.32 bits per heavy atom. The second-order valence-corrected chi connectivity index (χ2v) is 5.77. The maximum Gasteiger partial charge on any atom is 0.256 e. The van der Waals surface area contributed by atoms with Gasteiger partial charge in [-0.2, -0.15) is 12.2 Å². The zero-order chi connectivity index (χ0) is 17.7. The number of benzene rings is 1. The average molecular weight is 492 g/mol. The molecule has 133 valence electrons. The number of hydrogen-bond donors (Lipinski definition) is 0. The number of nitrogens with zero attached hydrogens (tertiary/aromatic N) is 1. The van der Waals surface area contributed by atoms with Gasteiger partial charge in [0.1, 0.15) is 12.4 Å². The fourth-order valence-electron chi connectivity index (χ4n) is 2.14. The summed E-state index contributed by atoms with van der Waals surface area (Å²) in [7, 11) is 1.54. The molecular weight excluding hydrogens is 476 g/mol.